The van der Waals surface area contributed by atoms with E-state index in [9.17, 15) is 9.59 Å². The molecule has 144 valence electrons. The molecule has 1 N–H and O–H groups in total. The summed E-state index contributed by atoms with van der Waals surface area (Å²) in [5, 5.41) is 10.8. The summed E-state index contributed by atoms with van der Waals surface area (Å²) in [5.74, 6) is -0.448. The molecule has 0 aliphatic rings. The molecule has 0 unspecified atom stereocenters. The predicted octanol–water partition coefficient (Wildman–Crippen LogP) is 2.08. The second kappa shape index (κ2) is 8.94. The van der Waals surface area contributed by atoms with Gasteiger partial charge < -0.3 is 10.2 Å². The lowest BCUT2D eigenvalue weighted by molar-refractivity contribution is -0.129. The van der Waals surface area contributed by atoms with E-state index in [2.05, 4.69) is 15.6 Å². The number of nitrogens with zero attached hydrogens (tertiary/aromatic N) is 4. The van der Waals surface area contributed by atoms with E-state index in [0.717, 1.165) is 11.1 Å². The first kappa shape index (κ1) is 19.3. The van der Waals surface area contributed by atoms with Crippen molar-refractivity contribution in [1.82, 2.24) is 25.2 Å². The van der Waals surface area contributed by atoms with Crippen molar-refractivity contribution in [2.75, 3.05) is 14.1 Å². The number of hydrogen-bond donors (Lipinski definition) is 1. The Balaban J connectivity index is 1.74. The lowest BCUT2D eigenvalue weighted by Crippen LogP contribution is -2.30. The SMILES string of the molecule is CN(C)C(=O)Cn1cc(C(=O)N[C@@H](Cc2ccccc2)c2ccccc2)nn1. The average Bonchev–Trinajstić information content (AvgIpc) is 3.17. The van der Waals surface area contributed by atoms with Crippen molar-refractivity contribution in [2.45, 2.75) is 19.0 Å². The van der Waals surface area contributed by atoms with Crippen molar-refractivity contribution in [3.63, 3.8) is 0 Å². The van der Waals surface area contributed by atoms with Gasteiger partial charge in [0.1, 0.15) is 6.54 Å². The molecule has 0 aliphatic carbocycles. The summed E-state index contributed by atoms with van der Waals surface area (Å²) in [6.07, 6.45) is 2.14. The number of hydrogen-bond acceptors (Lipinski definition) is 4. The van der Waals surface area contributed by atoms with Crippen LogP contribution in [0.2, 0.25) is 0 Å². The fourth-order valence-electron chi connectivity index (χ4n) is 2.78. The number of nitrogens with one attached hydrogen (secondary N) is 1. The molecule has 1 aromatic heterocycles. The summed E-state index contributed by atoms with van der Waals surface area (Å²) in [7, 11) is 3.34. The zero-order valence-electron chi connectivity index (χ0n) is 15.9. The Morgan fingerprint density at radius 1 is 1.04 bits per heavy atom. The maximum Gasteiger partial charge on any atom is 0.273 e. The Morgan fingerprint density at radius 2 is 1.68 bits per heavy atom. The Hall–Kier alpha value is -3.48. The van der Waals surface area contributed by atoms with E-state index in [4.69, 9.17) is 0 Å². The number of aromatic nitrogens is 3. The van der Waals surface area contributed by atoms with Gasteiger partial charge in [-0.05, 0) is 17.5 Å². The molecule has 7 heteroatoms. The molecular weight excluding hydrogens is 354 g/mol. The second-order valence-electron chi connectivity index (χ2n) is 6.72. The Kier molecular flexibility index (Phi) is 6.16. The fraction of sp³-hybridized carbons (Fsp3) is 0.238. The van der Waals surface area contributed by atoms with Gasteiger partial charge in [-0.15, -0.1) is 5.10 Å². The van der Waals surface area contributed by atoms with Crippen LogP contribution in [-0.2, 0) is 17.8 Å². The van der Waals surface area contributed by atoms with E-state index in [0.29, 0.717) is 6.42 Å². The van der Waals surface area contributed by atoms with Gasteiger partial charge in [0, 0.05) is 14.1 Å². The van der Waals surface area contributed by atoms with E-state index >= 15 is 0 Å². The van der Waals surface area contributed by atoms with E-state index in [-0.39, 0.29) is 30.1 Å². The zero-order chi connectivity index (χ0) is 19.9. The minimum Gasteiger partial charge on any atom is -0.347 e. The maximum atomic E-state index is 12.7. The van der Waals surface area contributed by atoms with Crippen LogP contribution in [0.3, 0.4) is 0 Å². The Bertz CT molecular complexity index is 922. The van der Waals surface area contributed by atoms with Gasteiger partial charge in [0.2, 0.25) is 5.91 Å². The number of amides is 2. The van der Waals surface area contributed by atoms with E-state index in [1.165, 1.54) is 15.8 Å². The standard InChI is InChI=1S/C21H23N5O2/c1-25(2)20(27)15-26-14-19(23-24-26)21(28)22-18(17-11-7-4-8-12-17)13-16-9-5-3-6-10-16/h3-12,14,18H,13,15H2,1-2H3,(H,22,28)/t18-/m0/s1. The van der Waals surface area contributed by atoms with Crippen molar-refractivity contribution in [2.24, 2.45) is 0 Å². The molecule has 0 fully saturated rings. The third-order valence-corrected chi connectivity index (χ3v) is 4.36. The second-order valence-corrected chi connectivity index (χ2v) is 6.72. The van der Waals surface area contributed by atoms with Crippen LogP contribution in [0.1, 0.15) is 27.7 Å². The molecule has 1 heterocycles. The van der Waals surface area contributed by atoms with Crippen molar-refractivity contribution >= 4 is 11.8 Å². The molecule has 0 aliphatic heterocycles. The van der Waals surface area contributed by atoms with Crippen LogP contribution in [0.5, 0.6) is 0 Å². The lowest BCUT2D eigenvalue weighted by Gasteiger charge is -2.19. The van der Waals surface area contributed by atoms with Crippen LogP contribution >= 0.6 is 0 Å². The van der Waals surface area contributed by atoms with Crippen molar-refractivity contribution in [3.8, 4) is 0 Å². The molecule has 0 bridgehead atoms. The van der Waals surface area contributed by atoms with Gasteiger partial charge in [0.05, 0.1) is 12.2 Å². The highest BCUT2D eigenvalue weighted by Gasteiger charge is 2.19. The lowest BCUT2D eigenvalue weighted by atomic mass is 9.99. The van der Waals surface area contributed by atoms with Gasteiger partial charge in [0.15, 0.2) is 5.69 Å². The summed E-state index contributed by atoms with van der Waals surface area (Å²) >= 11 is 0. The number of benzene rings is 2. The molecule has 2 amide bonds. The highest BCUT2D eigenvalue weighted by molar-refractivity contribution is 5.92. The van der Waals surface area contributed by atoms with Gasteiger partial charge in [0.25, 0.3) is 5.91 Å². The summed E-state index contributed by atoms with van der Waals surface area (Å²) < 4.78 is 1.37. The van der Waals surface area contributed by atoms with Crippen molar-refractivity contribution in [1.29, 1.82) is 0 Å². The molecule has 28 heavy (non-hydrogen) atoms. The van der Waals surface area contributed by atoms with Gasteiger partial charge >= 0.3 is 0 Å². The summed E-state index contributed by atoms with van der Waals surface area (Å²) in [6.45, 7) is 0.0411. The largest absolute Gasteiger partial charge is 0.347 e. The van der Waals surface area contributed by atoms with Crippen LogP contribution < -0.4 is 5.32 Å². The molecule has 7 nitrogen and oxygen atoms in total. The van der Waals surface area contributed by atoms with E-state index in [1.807, 2.05) is 60.7 Å². The Morgan fingerprint density at radius 3 is 2.32 bits per heavy atom. The third kappa shape index (κ3) is 5.03. The van der Waals surface area contributed by atoms with Crippen molar-refractivity contribution in [3.05, 3.63) is 83.7 Å². The van der Waals surface area contributed by atoms with Crippen LogP contribution in [0, 0.1) is 0 Å². The minimum absolute atomic E-state index is 0.0411. The summed E-state index contributed by atoms with van der Waals surface area (Å²) in [5.41, 5.74) is 2.31. The molecule has 3 rings (SSSR count). The van der Waals surface area contributed by atoms with Crippen LogP contribution in [0.25, 0.3) is 0 Å². The van der Waals surface area contributed by atoms with Crippen LogP contribution in [-0.4, -0.2) is 45.8 Å². The molecular formula is C21H23N5O2. The quantitative estimate of drug-likeness (QED) is 0.684. The smallest absolute Gasteiger partial charge is 0.273 e. The van der Waals surface area contributed by atoms with Crippen molar-refractivity contribution < 1.29 is 9.59 Å². The van der Waals surface area contributed by atoms with Gasteiger partial charge in [-0.1, -0.05) is 65.9 Å². The third-order valence-electron chi connectivity index (χ3n) is 4.36. The molecule has 2 aromatic carbocycles. The van der Waals surface area contributed by atoms with E-state index < -0.39 is 0 Å². The number of carbonyl (C=O) groups excluding carboxylic acids is 2. The normalized spacial score (nSPS) is 11.6. The van der Waals surface area contributed by atoms with Crippen LogP contribution in [0.15, 0.2) is 66.9 Å². The van der Waals surface area contributed by atoms with E-state index in [1.54, 1.807) is 14.1 Å². The fourth-order valence-corrected chi connectivity index (χ4v) is 2.78. The topological polar surface area (TPSA) is 80.1 Å². The number of likely N-dealkylation sites (N-methyl/N-ethyl adjacent to an activating group) is 1. The number of carbonyl (C=O) groups is 2. The highest BCUT2D eigenvalue weighted by Crippen LogP contribution is 2.19. The molecule has 0 saturated heterocycles. The van der Waals surface area contributed by atoms with Crippen LogP contribution in [0.4, 0.5) is 0 Å². The maximum absolute atomic E-state index is 12.7. The molecule has 0 radical (unpaired) electrons. The zero-order valence-corrected chi connectivity index (χ0v) is 15.9. The first-order chi connectivity index (χ1) is 13.5. The minimum atomic E-state index is -0.326. The van der Waals surface area contributed by atoms with Gasteiger partial charge in [-0.2, -0.15) is 0 Å². The van der Waals surface area contributed by atoms with Gasteiger partial charge in [-0.3, -0.25) is 9.59 Å². The summed E-state index contributed by atoms with van der Waals surface area (Å²) in [4.78, 5) is 26.0. The molecule has 3 aromatic rings. The summed E-state index contributed by atoms with van der Waals surface area (Å²) in [6, 6.07) is 19.6. The first-order valence-electron chi connectivity index (χ1n) is 9.03. The van der Waals surface area contributed by atoms with Gasteiger partial charge in [-0.25, -0.2) is 4.68 Å². The molecule has 0 spiro atoms. The first-order valence-corrected chi connectivity index (χ1v) is 9.03. The molecule has 1 atom stereocenters. The average molecular weight is 377 g/mol. The predicted molar refractivity (Wildman–Crippen MR) is 106 cm³/mol. The molecule has 0 saturated carbocycles. The number of rotatable bonds is 7. The Labute approximate surface area is 164 Å². The monoisotopic (exact) mass is 377 g/mol. The highest BCUT2D eigenvalue weighted by atomic mass is 16.2.